The van der Waals surface area contributed by atoms with Crippen molar-refractivity contribution in [1.29, 1.82) is 0 Å². The van der Waals surface area contributed by atoms with Crippen LogP contribution in [0.2, 0.25) is 0 Å². The molecule has 0 heterocycles. The summed E-state index contributed by atoms with van der Waals surface area (Å²) < 4.78 is 51.6. The van der Waals surface area contributed by atoms with Crippen molar-refractivity contribution < 1.29 is 27.1 Å². The van der Waals surface area contributed by atoms with Crippen LogP contribution in [-0.4, -0.2) is 35.1 Å². The van der Waals surface area contributed by atoms with Crippen molar-refractivity contribution in [2.75, 3.05) is 25.1 Å². The molecule has 7 nitrogen and oxygen atoms in total. The average Bonchev–Trinajstić information content (AvgIpc) is 2.83. The zero-order valence-electron chi connectivity index (χ0n) is 18.5. The highest BCUT2D eigenvalue weighted by atomic mass is 32.2. The van der Waals surface area contributed by atoms with E-state index in [1.807, 2.05) is 0 Å². The molecule has 174 valence electrons. The van der Waals surface area contributed by atoms with E-state index in [1.54, 1.807) is 49.4 Å². The molecule has 0 saturated carbocycles. The fourth-order valence-electron chi connectivity index (χ4n) is 3.27. The first-order valence-electron chi connectivity index (χ1n) is 10.1. The summed E-state index contributed by atoms with van der Waals surface area (Å²) in [5.74, 6) is -0.164. The van der Waals surface area contributed by atoms with Crippen molar-refractivity contribution in [3.05, 3.63) is 84.2 Å². The highest BCUT2D eigenvalue weighted by Crippen LogP contribution is 2.33. The molecule has 0 spiro atoms. The number of nitrogens with zero attached hydrogens (tertiary/aromatic N) is 1. The van der Waals surface area contributed by atoms with E-state index < -0.39 is 28.5 Å². The highest BCUT2D eigenvalue weighted by molar-refractivity contribution is 7.92. The summed E-state index contributed by atoms with van der Waals surface area (Å²) in [6, 6.07) is 17.7. The number of hydrogen-bond acceptors (Lipinski definition) is 5. The molecule has 0 aromatic heterocycles. The molecular weight excluding hydrogens is 447 g/mol. The van der Waals surface area contributed by atoms with Crippen molar-refractivity contribution in [3.8, 4) is 11.5 Å². The van der Waals surface area contributed by atoms with Crippen LogP contribution in [0.5, 0.6) is 11.5 Å². The second-order valence-corrected chi connectivity index (χ2v) is 9.07. The van der Waals surface area contributed by atoms with Gasteiger partial charge in [-0.25, -0.2) is 12.8 Å². The number of nitrogens with one attached hydrogen (secondary N) is 1. The van der Waals surface area contributed by atoms with E-state index in [0.29, 0.717) is 17.1 Å². The van der Waals surface area contributed by atoms with Crippen molar-refractivity contribution in [1.82, 2.24) is 5.32 Å². The van der Waals surface area contributed by atoms with E-state index in [1.165, 1.54) is 44.6 Å². The summed E-state index contributed by atoms with van der Waals surface area (Å²) in [5.41, 5.74) is 0.925. The third kappa shape index (κ3) is 5.61. The molecule has 0 bridgehead atoms. The first-order valence-corrected chi connectivity index (χ1v) is 11.5. The van der Waals surface area contributed by atoms with Crippen molar-refractivity contribution in [3.63, 3.8) is 0 Å². The predicted octanol–water partition coefficient (Wildman–Crippen LogP) is 3.92. The molecule has 0 fully saturated rings. The van der Waals surface area contributed by atoms with Gasteiger partial charge < -0.3 is 14.8 Å². The van der Waals surface area contributed by atoms with Gasteiger partial charge in [-0.2, -0.15) is 0 Å². The van der Waals surface area contributed by atoms with Gasteiger partial charge >= 0.3 is 0 Å². The second-order valence-electron chi connectivity index (χ2n) is 7.20. The molecule has 0 aliphatic rings. The molecule has 0 aliphatic heterocycles. The summed E-state index contributed by atoms with van der Waals surface area (Å²) in [6.45, 7) is 1.26. The van der Waals surface area contributed by atoms with Gasteiger partial charge in [0, 0.05) is 6.07 Å². The molecule has 1 N–H and O–H groups in total. The maximum Gasteiger partial charge on any atom is 0.264 e. The number of amides is 1. The standard InChI is InChI=1S/C24H25FN2O5S/c1-17(18-9-11-19(25)12-10-18)26-24(28)16-27(33(29,30)21-7-5-4-6-8-21)20-13-14-22(31-2)23(15-20)32-3/h4-15,17H,16H2,1-3H3,(H,26,28)/t17-/m1/s1. The number of ether oxygens (including phenoxy) is 2. The normalized spacial score (nSPS) is 12.0. The molecule has 33 heavy (non-hydrogen) atoms. The lowest BCUT2D eigenvalue weighted by Crippen LogP contribution is -2.41. The Labute approximate surface area is 192 Å². The molecule has 3 rings (SSSR count). The van der Waals surface area contributed by atoms with Gasteiger partial charge in [-0.05, 0) is 48.9 Å². The minimum absolute atomic E-state index is 0.0409. The van der Waals surface area contributed by atoms with Gasteiger partial charge in [-0.3, -0.25) is 9.10 Å². The lowest BCUT2D eigenvalue weighted by Gasteiger charge is -2.26. The van der Waals surface area contributed by atoms with Crippen molar-refractivity contribution in [2.24, 2.45) is 0 Å². The minimum Gasteiger partial charge on any atom is -0.493 e. The molecule has 0 unspecified atom stereocenters. The lowest BCUT2D eigenvalue weighted by atomic mass is 10.1. The van der Waals surface area contributed by atoms with Gasteiger partial charge in [0.05, 0.1) is 30.8 Å². The number of hydrogen-bond donors (Lipinski definition) is 1. The Balaban J connectivity index is 1.93. The second kappa shape index (κ2) is 10.4. The SMILES string of the molecule is COc1ccc(N(CC(=O)N[C@H](C)c2ccc(F)cc2)S(=O)(=O)c2ccccc2)cc1OC. The Hall–Kier alpha value is -3.59. The number of halogens is 1. The Kier molecular flexibility index (Phi) is 7.55. The number of benzene rings is 3. The molecule has 1 amide bonds. The first kappa shape index (κ1) is 24.1. The zero-order chi connectivity index (χ0) is 24.0. The summed E-state index contributed by atoms with van der Waals surface area (Å²) in [7, 11) is -1.16. The van der Waals surface area contributed by atoms with E-state index in [9.17, 15) is 17.6 Å². The Bertz CT molecular complexity index is 1200. The Morgan fingerprint density at radius 2 is 1.61 bits per heavy atom. The van der Waals surface area contributed by atoms with Crippen LogP contribution in [-0.2, 0) is 14.8 Å². The number of carbonyl (C=O) groups is 1. The predicted molar refractivity (Wildman–Crippen MR) is 123 cm³/mol. The molecule has 3 aromatic carbocycles. The fourth-order valence-corrected chi connectivity index (χ4v) is 4.70. The molecule has 9 heteroatoms. The highest BCUT2D eigenvalue weighted by Gasteiger charge is 2.28. The molecular formula is C24H25FN2O5S. The largest absolute Gasteiger partial charge is 0.493 e. The molecule has 0 aliphatic carbocycles. The smallest absolute Gasteiger partial charge is 0.264 e. The van der Waals surface area contributed by atoms with Crippen molar-refractivity contribution >= 4 is 21.6 Å². The molecule has 0 saturated heterocycles. The van der Waals surface area contributed by atoms with E-state index in [2.05, 4.69) is 5.32 Å². The van der Waals surface area contributed by atoms with Crippen LogP contribution in [0.1, 0.15) is 18.5 Å². The van der Waals surface area contributed by atoms with E-state index in [0.717, 1.165) is 4.31 Å². The maximum atomic E-state index is 13.4. The number of rotatable bonds is 9. The number of anilines is 1. The molecule has 3 aromatic rings. The molecule has 1 atom stereocenters. The average molecular weight is 473 g/mol. The lowest BCUT2D eigenvalue weighted by molar-refractivity contribution is -0.120. The summed E-state index contributed by atoms with van der Waals surface area (Å²) in [4.78, 5) is 12.9. The van der Waals surface area contributed by atoms with Gasteiger partial charge in [0.1, 0.15) is 12.4 Å². The third-order valence-corrected chi connectivity index (χ3v) is 6.81. The maximum absolute atomic E-state index is 13.4. The van der Waals surface area contributed by atoms with Crippen LogP contribution in [0.3, 0.4) is 0 Å². The van der Waals surface area contributed by atoms with Crippen LogP contribution in [0.4, 0.5) is 10.1 Å². The fraction of sp³-hybridized carbons (Fsp3) is 0.208. The van der Waals surface area contributed by atoms with E-state index in [-0.39, 0.29) is 16.4 Å². The summed E-state index contributed by atoms with van der Waals surface area (Å²) in [6.07, 6.45) is 0. The number of sulfonamides is 1. The third-order valence-electron chi connectivity index (χ3n) is 5.02. The topological polar surface area (TPSA) is 84.9 Å². The van der Waals surface area contributed by atoms with Crippen LogP contribution < -0.4 is 19.1 Å². The van der Waals surface area contributed by atoms with Crippen LogP contribution in [0.15, 0.2) is 77.7 Å². The van der Waals surface area contributed by atoms with Gasteiger partial charge in [0.15, 0.2) is 11.5 Å². The van der Waals surface area contributed by atoms with Gasteiger partial charge in [-0.15, -0.1) is 0 Å². The quantitative estimate of drug-likeness (QED) is 0.510. The monoisotopic (exact) mass is 472 g/mol. The minimum atomic E-state index is -4.07. The molecule has 0 radical (unpaired) electrons. The van der Waals surface area contributed by atoms with Gasteiger partial charge in [0.2, 0.25) is 5.91 Å². The van der Waals surface area contributed by atoms with Gasteiger partial charge in [0.25, 0.3) is 10.0 Å². The van der Waals surface area contributed by atoms with Crippen LogP contribution >= 0.6 is 0 Å². The number of methoxy groups -OCH3 is 2. The number of carbonyl (C=O) groups excluding carboxylic acids is 1. The van der Waals surface area contributed by atoms with E-state index in [4.69, 9.17) is 9.47 Å². The summed E-state index contributed by atoms with van der Waals surface area (Å²) in [5, 5.41) is 2.77. The van der Waals surface area contributed by atoms with Crippen LogP contribution in [0, 0.1) is 5.82 Å². The van der Waals surface area contributed by atoms with Crippen LogP contribution in [0.25, 0.3) is 0 Å². The summed E-state index contributed by atoms with van der Waals surface area (Å²) >= 11 is 0. The van der Waals surface area contributed by atoms with E-state index >= 15 is 0 Å². The van der Waals surface area contributed by atoms with Gasteiger partial charge in [-0.1, -0.05) is 30.3 Å². The van der Waals surface area contributed by atoms with Crippen molar-refractivity contribution in [2.45, 2.75) is 17.9 Å². The zero-order valence-corrected chi connectivity index (χ0v) is 19.3. The first-order chi connectivity index (χ1) is 15.8. The Morgan fingerprint density at radius 1 is 0.970 bits per heavy atom. The Morgan fingerprint density at radius 3 is 2.21 bits per heavy atom.